The van der Waals surface area contributed by atoms with Crippen LogP contribution in [-0.2, 0) is 6.61 Å². The molecule has 0 aliphatic carbocycles. The van der Waals surface area contributed by atoms with E-state index in [9.17, 15) is 9.90 Å². The number of methoxy groups -OCH3 is 1. The molecule has 0 heterocycles. The van der Waals surface area contributed by atoms with Gasteiger partial charge < -0.3 is 19.7 Å². The van der Waals surface area contributed by atoms with Crippen LogP contribution < -0.4 is 9.47 Å². The molecule has 2 aromatic carbocycles. The first-order valence-corrected chi connectivity index (χ1v) is 5.92. The van der Waals surface area contributed by atoms with Crippen molar-refractivity contribution >= 4 is 5.97 Å². The normalized spacial score (nSPS) is 10.1. The number of aromatic hydroxyl groups is 1. The van der Waals surface area contributed by atoms with Crippen molar-refractivity contribution in [2.45, 2.75) is 6.61 Å². The van der Waals surface area contributed by atoms with Crippen molar-refractivity contribution < 1.29 is 24.5 Å². The van der Waals surface area contributed by atoms with E-state index in [1.165, 1.54) is 12.1 Å². The second kappa shape index (κ2) is 5.97. The Bertz CT molecular complexity index is 621. The highest BCUT2D eigenvalue weighted by molar-refractivity contribution is 5.90. The van der Waals surface area contributed by atoms with Gasteiger partial charge in [0.2, 0.25) is 0 Å². The first-order chi connectivity index (χ1) is 9.60. The van der Waals surface area contributed by atoms with E-state index in [1.807, 2.05) is 0 Å². The van der Waals surface area contributed by atoms with Crippen molar-refractivity contribution in [1.29, 1.82) is 0 Å². The zero-order valence-corrected chi connectivity index (χ0v) is 10.9. The summed E-state index contributed by atoms with van der Waals surface area (Å²) in [4.78, 5) is 10.8. The maximum atomic E-state index is 10.8. The fourth-order valence-electron chi connectivity index (χ4n) is 1.71. The van der Waals surface area contributed by atoms with E-state index >= 15 is 0 Å². The van der Waals surface area contributed by atoms with Crippen molar-refractivity contribution in [3.63, 3.8) is 0 Å². The number of hydrogen-bond acceptors (Lipinski definition) is 4. The second-order valence-corrected chi connectivity index (χ2v) is 4.12. The smallest absolute Gasteiger partial charge is 0.339 e. The maximum absolute atomic E-state index is 10.8. The standard InChI is InChI=1S/C15H14O5/c1-19-11-3-2-4-12(8-11)20-9-10-5-6-13(15(17)18)14(16)7-10/h2-8,16H,9H2,1H3,(H,17,18). The number of ether oxygens (including phenoxy) is 2. The summed E-state index contributed by atoms with van der Waals surface area (Å²) in [5, 5.41) is 18.4. The van der Waals surface area contributed by atoms with E-state index in [0.717, 1.165) is 0 Å². The molecule has 0 aliphatic rings. The zero-order chi connectivity index (χ0) is 14.5. The van der Waals surface area contributed by atoms with Crippen LogP contribution in [0.25, 0.3) is 0 Å². The number of carboxylic acids is 1. The van der Waals surface area contributed by atoms with Crippen LogP contribution in [0.4, 0.5) is 0 Å². The van der Waals surface area contributed by atoms with Crippen LogP contribution in [0.1, 0.15) is 15.9 Å². The van der Waals surface area contributed by atoms with Gasteiger partial charge in [-0.2, -0.15) is 0 Å². The first-order valence-electron chi connectivity index (χ1n) is 5.92. The van der Waals surface area contributed by atoms with Crippen molar-refractivity contribution in [1.82, 2.24) is 0 Å². The number of hydrogen-bond donors (Lipinski definition) is 2. The van der Waals surface area contributed by atoms with Crippen molar-refractivity contribution in [2.75, 3.05) is 7.11 Å². The lowest BCUT2D eigenvalue weighted by molar-refractivity contribution is 0.0693. The zero-order valence-electron chi connectivity index (χ0n) is 10.9. The molecule has 0 saturated carbocycles. The van der Waals surface area contributed by atoms with Gasteiger partial charge in [-0.15, -0.1) is 0 Å². The van der Waals surface area contributed by atoms with Gasteiger partial charge in [0.1, 0.15) is 29.4 Å². The summed E-state index contributed by atoms with van der Waals surface area (Å²) in [6.45, 7) is 0.223. The minimum absolute atomic E-state index is 0.130. The van der Waals surface area contributed by atoms with Crippen molar-refractivity contribution in [3.05, 3.63) is 53.6 Å². The molecule has 0 atom stereocenters. The first kappa shape index (κ1) is 13.7. The second-order valence-electron chi connectivity index (χ2n) is 4.12. The summed E-state index contributed by atoms with van der Waals surface area (Å²) in [5.74, 6) is -0.121. The average Bonchev–Trinajstić information content (AvgIpc) is 2.45. The van der Waals surface area contributed by atoms with Crippen LogP contribution in [-0.4, -0.2) is 23.3 Å². The summed E-state index contributed by atoms with van der Waals surface area (Å²) in [6.07, 6.45) is 0. The molecule has 20 heavy (non-hydrogen) atoms. The van der Waals surface area contributed by atoms with Gasteiger partial charge in [0.05, 0.1) is 7.11 Å². The van der Waals surface area contributed by atoms with E-state index < -0.39 is 5.97 Å². The number of benzene rings is 2. The molecule has 0 saturated heterocycles. The predicted molar refractivity (Wildman–Crippen MR) is 72.4 cm³/mol. The van der Waals surface area contributed by atoms with E-state index in [0.29, 0.717) is 17.1 Å². The highest BCUT2D eigenvalue weighted by Crippen LogP contribution is 2.22. The lowest BCUT2D eigenvalue weighted by atomic mass is 10.1. The quantitative estimate of drug-likeness (QED) is 0.876. The van der Waals surface area contributed by atoms with Crippen LogP contribution in [0.2, 0.25) is 0 Å². The van der Waals surface area contributed by atoms with Gasteiger partial charge >= 0.3 is 5.97 Å². The lowest BCUT2D eigenvalue weighted by Gasteiger charge is -2.08. The third kappa shape index (κ3) is 3.20. The van der Waals surface area contributed by atoms with E-state index in [4.69, 9.17) is 14.6 Å². The fourth-order valence-corrected chi connectivity index (χ4v) is 1.71. The minimum atomic E-state index is -1.16. The Hall–Kier alpha value is -2.69. The van der Waals surface area contributed by atoms with Gasteiger partial charge in [-0.25, -0.2) is 4.79 Å². The van der Waals surface area contributed by atoms with Gasteiger partial charge in [0.25, 0.3) is 0 Å². The Morgan fingerprint density at radius 1 is 1.15 bits per heavy atom. The summed E-state index contributed by atoms with van der Waals surface area (Å²) in [5.41, 5.74) is 0.547. The summed E-state index contributed by atoms with van der Waals surface area (Å²) in [6, 6.07) is 11.5. The Labute approximate surface area is 116 Å². The number of aromatic carboxylic acids is 1. The van der Waals surface area contributed by atoms with Gasteiger partial charge in [0, 0.05) is 6.07 Å². The molecule has 0 aliphatic heterocycles. The molecular weight excluding hydrogens is 260 g/mol. The van der Waals surface area contributed by atoms with Gasteiger partial charge in [-0.1, -0.05) is 12.1 Å². The van der Waals surface area contributed by atoms with Gasteiger partial charge in [0.15, 0.2) is 0 Å². The number of phenols is 1. The monoisotopic (exact) mass is 274 g/mol. The molecule has 0 radical (unpaired) electrons. The Morgan fingerprint density at radius 3 is 2.55 bits per heavy atom. The van der Waals surface area contributed by atoms with E-state index in [1.54, 1.807) is 37.4 Å². The Kier molecular flexibility index (Phi) is 4.10. The number of carboxylic acid groups (broad SMARTS) is 1. The molecular formula is C15H14O5. The maximum Gasteiger partial charge on any atom is 0.339 e. The van der Waals surface area contributed by atoms with E-state index in [2.05, 4.69) is 0 Å². The Morgan fingerprint density at radius 2 is 1.90 bits per heavy atom. The number of rotatable bonds is 5. The molecule has 2 aromatic rings. The molecule has 2 rings (SSSR count). The van der Waals surface area contributed by atoms with Crippen molar-refractivity contribution in [3.8, 4) is 17.2 Å². The third-order valence-corrected chi connectivity index (χ3v) is 2.74. The molecule has 0 aromatic heterocycles. The summed E-state index contributed by atoms with van der Waals surface area (Å²) < 4.78 is 10.6. The fraction of sp³-hybridized carbons (Fsp3) is 0.133. The topological polar surface area (TPSA) is 76.0 Å². The number of carbonyl (C=O) groups is 1. The molecule has 0 fully saturated rings. The Balaban J connectivity index is 2.07. The minimum Gasteiger partial charge on any atom is -0.507 e. The van der Waals surface area contributed by atoms with E-state index in [-0.39, 0.29) is 17.9 Å². The van der Waals surface area contributed by atoms with Crippen LogP contribution >= 0.6 is 0 Å². The highest BCUT2D eigenvalue weighted by Gasteiger charge is 2.09. The van der Waals surface area contributed by atoms with Gasteiger partial charge in [-0.05, 0) is 29.8 Å². The van der Waals surface area contributed by atoms with Crippen LogP contribution in [0, 0.1) is 0 Å². The van der Waals surface area contributed by atoms with Crippen molar-refractivity contribution in [2.24, 2.45) is 0 Å². The molecule has 5 nitrogen and oxygen atoms in total. The molecule has 0 unspecified atom stereocenters. The molecule has 104 valence electrons. The largest absolute Gasteiger partial charge is 0.507 e. The van der Waals surface area contributed by atoms with Crippen LogP contribution in [0.3, 0.4) is 0 Å². The molecule has 0 amide bonds. The predicted octanol–water partition coefficient (Wildman–Crippen LogP) is 2.68. The third-order valence-electron chi connectivity index (χ3n) is 2.74. The summed E-state index contributed by atoms with van der Waals surface area (Å²) >= 11 is 0. The highest BCUT2D eigenvalue weighted by atomic mass is 16.5. The molecule has 2 N–H and O–H groups in total. The molecule has 0 bridgehead atoms. The average molecular weight is 274 g/mol. The lowest BCUT2D eigenvalue weighted by Crippen LogP contribution is -2.00. The van der Waals surface area contributed by atoms with Crippen LogP contribution in [0.15, 0.2) is 42.5 Å². The SMILES string of the molecule is COc1cccc(OCc2ccc(C(=O)O)c(O)c2)c1. The van der Waals surface area contributed by atoms with Gasteiger partial charge in [-0.3, -0.25) is 0 Å². The van der Waals surface area contributed by atoms with Crippen LogP contribution in [0.5, 0.6) is 17.2 Å². The molecule has 0 spiro atoms. The molecule has 5 heteroatoms. The summed E-state index contributed by atoms with van der Waals surface area (Å²) in [7, 11) is 1.57.